The number of anilines is 3. The molecule has 3 rings (SSSR count). The molecule has 2 aliphatic rings. The molecule has 1 atom stereocenters. The van der Waals surface area contributed by atoms with E-state index in [1.807, 2.05) is 6.07 Å². The maximum Gasteiger partial charge on any atom is 0.262 e. The van der Waals surface area contributed by atoms with Crippen LogP contribution in [0.4, 0.5) is 17.1 Å². The molecule has 0 spiro atoms. The van der Waals surface area contributed by atoms with Crippen molar-refractivity contribution in [2.24, 2.45) is 5.41 Å². The van der Waals surface area contributed by atoms with Gasteiger partial charge in [0.15, 0.2) is 6.61 Å². The Labute approximate surface area is 125 Å². The molecule has 1 amide bonds. The summed E-state index contributed by atoms with van der Waals surface area (Å²) in [5.41, 5.74) is 8.60. The normalized spacial score (nSPS) is 23.7. The molecule has 114 valence electrons. The Hall–Kier alpha value is -1.91. The molecule has 1 aromatic carbocycles. The number of hydrogen-bond donors (Lipinski definition) is 3. The first kappa shape index (κ1) is 14.0. The van der Waals surface area contributed by atoms with Crippen LogP contribution in [0, 0.1) is 5.41 Å². The fourth-order valence-corrected chi connectivity index (χ4v) is 3.22. The molecule has 1 aliphatic heterocycles. The van der Waals surface area contributed by atoms with Crippen molar-refractivity contribution in [2.75, 3.05) is 23.0 Å². The van der Waals surface area contributed by atoms with Gasteiger partial charge >= 0.3 is 0 Å². The third-order valence-electron chi connectivity index (χ3n) is 4.62. The highest BCUT2D eigenvalue weighted by Crippen LogP contribution is 2.40. The van der Waals surface area contributed by atoms with Crippen LogP contribution >= 0.6 is 0 Å². The largest absolute Gasteiger partial charge is 0.482 e. The monoisotopic (exact) mass is 289 g/mol. The highest BCUT2D eigenvalue weighted by atomic mass is 16.5. The predicted molar refractivity (Wildman–Crippen MR) is 84.6 cm³/mol. The molecule has 0 aromatic heterocycles. The lowest BCUT2D eigenvalue weighted by Gasteiger charge is -2.40. The van der Waals surface area contributed by atoms with Crippen LogP contribution in [0.3, 0.4) is 0 Å². The van der Waals surface area contributed by atoms with Crippen molar-refractivity contribution >= 4 is 23.0 Å². The van der Waals surface area contributed by atoms with Gasteiger partial charge in [-0.1, -0.05) is 26.7 Å². The van der Waals surface area contributed by atoms with Gasteiger partial charge in [-0.25, -0.2) is 0 Å². The highest BCUT2D eigenvalue weighted by molar-refractivity contribution is 5.97. The zero-order valence-corrected chi connectivity index (χ0v) is 12.7. The Morgan fingerprint density at radius 3 is 2.95 bits per heavy atom. The van der Waals surface area contributed by atoms with Gasteiger partial charge in [0.2, 0.25) is 0 Å². The van der Waals surface area contributed by atoms with Crippen LogP contribution in [0.25, 0.3) is 0 Å². The third kappa shape index (κ3) is 2.77. The van der Waals surface area contributed by atoms with Crippen molar-refractivity contribution in [3.63, 3.8) is 0 Å². The van der Waals surface area contributed by atoms with Gasteiger partial charge in [-0.3, -0.25) is 4.79 Å². The van der Waals surface area contributed by atoms with E-state index in [9.17, 15) is 4.79 Å². The minimum absolute atomic E-state index is 0.0505. The smallest absolute Gasteiger partial charge is 0.262 e. The van der Waals surface area contributed by atoms with E-state index < -0.39 is 0 Å². The lowest BCUT2D eigenvalue weighted by Crippen LogP contribution is -2.39. The van der Waals surface area contributed by atoms with E-state index in [0.717, 1.165) is 12.1 Å². The third-order valence-corrected chi connectivity index (χ3v) is 4.62. The second-order valence-corrected chi connectivity index (χ2v) is 6.70. The second-order valence-electron chi connectivity index (χ2n) is 6.70. The number of nitrogens with two attached hydrogens (primary N) is 1. The molecule has 4 N–H and O–H groups in total. The van der Waals surface area contributed by atoms with Gasteiger partial charge in [0.1, 0.15) is 5.75 Å². The summed E-state index contributed by atoms with van der Waals surface area (Å²) in [7, 11) is 0. The number of nitrogens with one attached hydrogen (secondary N) is 2. The van der Waals surface area contributed by atoms with Gasteiger partial charge < -0.3 is 21.1 Å². The van der Waals surface area contributed by atoms with E-state index in [0.29, 0.717) is 23.2 Å². The standard InChI is InChI=1S/C16H23N3O2/c1-16(2)6-4-3-5-14(16)18-11-8-12-13(7-10(11)17)21-9-15(20)19-12/h7-8,14,18H,3-6,9,17H2,1-2H3,(H,19,20). The number of fused-ring (bicyclic) bond motifs is 1. The van der Waals surface area contributed by atoms with Crippen molar-refractivity contribution in [2.45, 2.75) is 45.6 Å². The van der Waals surface area contributed by atoms with E-state index >= 15 is 0 Å². The maximum atomic E-state index is 11.4. The Bertz CT molecular complexity index is 569. The molecule has 1 aliphatic carbocycles. The number of ether oxygens (including phenoxy) is 1. The van der Waals surface area contributed by atoms with Gasteiger partial charge in [0, 0.05) is 12.1 Å². The SMILES string of the molecule is CC1(C)CCCCC1Nc1cc2c(cc1N)OCC(=O)N2. The number of carbonyl (C=O) groups excluding carboxylic acids is 1. The van der Waals surface area contributed by atoms with Crippen LogP contribution in [0.2, 0.25) is 0 Å². The van der Waals surface area contributed by atoms with Gasteiger partial charge in [-0.2, -0.15) is 0 Å². The Morgan fingerprint density at radius 1 is 1.38 bits per heavy atom. The molecule has 1 unspecified atom stereocenters. The summed E-state index contributed by atoms with van der Waals surface area (Å²) in [5.74, 6) is 0.511. The topological polar surface area (TPSA) is 76.4 Å². The van der Waals surface area contributed by atoms with Crippen molar-refractivity contribution in [3.05, 3.63) is 12.1 Å². The van der Waals surface area contributed by atoms with Crippen LogP contribution < -0.4 is 21.1 Å². The Morgan fingerprint density at radius 2 is 2.19 bits per heavy atom. The summed E-state index contributed by atoms with van der Waals surface area (Å²) in [6.07, 6.45) is 4.89. The molecule has 1 saturated carbocycles. The summed E-state index contributed by atoms with van der Waals surface area (Å²) < 4.78 is 5.38. The molecule has 0 bridgehead atoms. The van der Waals surface area contributed by atoms with Gasteiger partial charge in [0.25, 0.3) is 5.91 Å². The summed E-state index contributed by atoms with van der Waals surface area (Å²) in [6.45, 7) is 4.64. The maximum absolute atomic E-state index is 11.4. The van der Waals surface area contributed by atoms with Crippen LogP contribution in [0.15, 0.2) is 12.1 Å². The molecule has 21 heavy (non-hydrogen) atoms. The molecule has 0 radical (unpaired) electrons. The first-order chi connectivity index (χ1) is 9.95. The molecule has 1 heterocycles. The number of carbonyl (C=O) groups is 1. The van der Waals surface area contributed by atoms with E-state index in [4.69, 9.17) is 10.5 Å². The molecule has 1 aromatic rings. The van der Waals surface area contributed by atoms with Crippen molar-refractivity contribution < 1.29 is 9.53 Å². The second kappa shape index (κ2) is 5.13. The zero-order chi connectivity index (χ0) is 15.0. The minimum Gasteiger partial charge on any atom is -0.482 e. The van der Waals surface area contributed by atoms with E-state index in [1.54, 1.807) is 6.07 Å². The van der Waals surface area contributed by atoms with Crippen LogP contribution in [-0.2, 0) is 4.79 Å². The molecular formula is C16H23N3O2. The first-order valence-electron chi connectivity index (χ1n) is 7.58. The van der Waals surface area contributed by atoms with Crippen molar-refractivity contribution in [1.82, 2.24) is 0 Å². The molecule has 1 fully saturated rings. The summed E-state index contributed by atoms with van der Waals surface area (Å²) in [6, 6.07) is 4.06. The lowest BCUT2D eigenvalue weighted by molar-refractivity contribution is -0.118. The minimum atomic E-state index is -0.129. The number of rotatable bonds is 2. The van der Waals surface area contributed by atoms with Gasteiger partial charge in [-0.15, -0.1) is 0 Å². The zero-order valence-electron chi connectivity index (χ0n) is 12.7. The van der Waals surface area contributed by atoms with E-state index in [-0.39, 0.29) is 17.9 Å². The number of hydrogen-bond acceptors (Lipinski definition) is 4. The Balaban J connectivity index is 1.85. The molecule has 5 nitrogen and oxygen atoms in total. The van der Waals surface area contributed by atoms with E-state index in [2.05, 4.69) is 24.5 Å². The number of amides is 1. The first-order valence-corrected chi connectivity index (χ1v) is 7.58. The molecule has 5 heteroatoms. The average Bonchev–Trinajstić information content (AvgIpc) is 2.42. The van der Waals surface area contributed by atoms with Crippen LogP contribution in [0.5, 0.6) is 5.75 Å². The van der Waals surface area contributed by atoms with Crippen LogP contribution in [-0.4, -0.2) is 18.6 Å². The molecule has 0 saturated heterocycles. The number of nitrogen functional groups attached to an aromatic ring is 1. The van der Waals surface area contributed by atoms with Gasteiger partial charge in [-0.05, 0) is 24.3 Å². The quantitative estimate of drug-likeness (QED) is 0.732. The van der Waals surface area contributed by atoms with Crippen molar-refractivity contribution in [1.29, 1.82) is 0 Å². The van der Waals surface area contributed by atoms with Crippen molar-refractivity contribution in [3.8, 4) is 5.75 Å². The molecular weight excluding hydrogens is 266 g/mol. The summed E-state index contributed by atoms with van der Waals surface area (Å²) in [4.78, 5) is 11.4. The van der Waals surface area contributed by atoms with Gasteiger partial charge in [0.05, 0.1) is 17.1 Å². The van der Waals surface area contributed by atoms with Crippen LogP contribution in [0.1, 0.15) is 39.5 Å². The fourth-order valence-electron chi connectivity index (χ4n) is 3.22. The number of benzene rings is 1. The highest BCUT2D eigenvalue weighted by Gasteiger charge is 2.32. The lowest BCUT2D eigenvalue weighted by atomic mass is 9.73. The Kier molecular flexibility index (Phi) is 3.43. The summed E-state index contributed by atoms with van der Waals surface area (Å²) >= 11 is 0. The average molecular weight is 289 g/mol. The van der Waals surface area contributed by atoms with E-state index in [1.165, 1.54) is 19.3 Å². The predicted octanol–water partition coefficient (Wildman–Crippen LogP) is 2.98. The fraction of sp³-hybridized carbons (Fsp3) is 0.562. The summed E-state index contributed by atoms with van der Waals surface area (Å²) in [5, 5.41) is 6.40.